The highest BCUT2D eigenvalue weighted by Gasteiger charge is 2.30. The fourth-order valence-electron chi connectivity index (χ4n) is 1.88. The molecule has 0 radical (unpaired) electrons. The number of hydrogen-bond donors (Lipinski definition) is 1. The number of carbonyl (C=O) groups excluding carboxylic acids is 2. The number of halogens is 3. The van der Waals surface area contributed by atoms with Gasteiger partial charge >= 0.3 is 6.18 Å². The van der Waals surface area contributed by atoms with E-state index in [1.807, 2.05) is 13.8 Å². The van der Waals surface area contributed by atoms with Crippen LogP contribution in [0.5, 0.6) is 0 Å². The van der Waals surface area contributed by atoms with E-state index in [0.29, 0.717) is 12.5 Å². The van der Waals surface area contributed by atoms with Gasteiger partial charge in [0.25, 0.3) is 0 Å². The van der Waals surface area contributed by atoms with Gasteiger partial charge in [-0.1, -0.05) is 13.8 Å². The summed E-state index contributed by atoms with van der Waals surface area (Å²) in [4.78, 5) is 24.9. The second-order valence-electron chi connectivity index (χ2n) is 5.75. The summed E-state index contributed by atoms with van der Waals surface area (Å²) in [5.74, 6) is -0.258. The van der Waals surface area contributed by atoms with Gasteiger partial charge in [0.1, 0.15) is 0 Å². The fraction of sp³-hybridized carbons (Fsp3) is 0.500. The standard InChI is InChI=1S/C16H21F3N2O2/c1-11(2)8-9-21(12(3)22)10-15(23)20-14-6-4-13(5-7-14)16(17,18)19/h4-7,11H,8-10H2,1-3H3,(H,20,23). The molecule has 128 valence electrons. The fourth-order valence-corrected chi connectivity index (χ4v) is 1.88. The van der Waals surface area contributed by atoms with E-state index in [-0.39, 0.29) is 18.1 Å². The molecular weight excluding hydrogens is 309 g/mol. The molecule has 0 aliphatic carbocycles. The first-order valence-electron chi connectivity index (χ1n) is 7.32. The first kappa shape index (κ1) is 19.0. The van der Waals surface area contributed by atoms with Crippen molar-refractivity contribution in [3.05, 3.63) is 29.8 Å². The largest absolute Gasteiger partial charge is 0.416 e. The topological polar surface area (TPSA) is 49.4 Å². The lowest BCUT2D eigenvalue weighted by Gasteiger charge is -2.21. The van der Waals surface area contributed by atoms with Crippen LogP contribution in [0.15, 0.2) is 24.3 Å². The Morgan fingerprint density at radius 2 is 1.74 bits per heavy atom. The molecule has 2 amide bonds. The Balaban J connectivity index is 2.62. The van der Waals surface area contributed by atoms with E-state index < -0.39 is 17.6 Å². The summed E-state index contributed by atoms with van der Waals surface area (Å²) in [6, 6.07) is 4.17. The number of hydrogen-bond acceptors (Lipinski definition) is 2. The number of amides is 2. The molecule has 0 spiro atoms. The Labute approximate surface area is 133 Å². The maximum atomic E-state index is 12.5. The third kappa shape index (κ3) is 6.71. The third-order valence-electron chi connectivity index (χ3n) is 3.25. The van der Waals surface area contributed by atoms with Gasteiger partial charge in [-0.25, -0.2) is 0 Å². The maximum absolute atomic E-state index is 12.5. The van der Waals surface area contributed by atoms with Gasteiger partial charge in [0, 0.05) is 19.2 Å². The number of nitrogens with one attached hydrogen (secondary N) is 1. The van der Waals surface area contributed by atoms with E-state index >= 15 is 0 Å². The van der Waals surface area contributed by atoms with E-state index in [4.69, 9.17) is 0 Å². The van der Waals surface area contributed by atoms with Crippen LogP contribution >= 0.6 is 0 Å². The minimum Gasteiger partial charge on any atom is -0.334 e. The lowest BCUT2D eigenvalue weighted by Crippen LogP contribution is -2.37. The van der Waals surface area contributed by atoms with Crippen molar-refractivity contribution < 1.29 is 22.8 Å². The smallest absolute Gasteiger partial charge is 0.334 e. The Morgan fingerprint density at radius 1 is 1.17 bits per heavy atom. The molecule has 0 heterocycles. The zero-order chi connectivity index (χ0) is 17.6. The van der Waals surface area contributed by atoms with Crippen LogP contribution in [0.3, 0.4) is 0 Å². The van der Waals surface area contributed by atoms with Crippen molar-refractivity contribution in [2.45, 2.75) is 33.4 Å². The highest BCUT2D eigenvalue weighted by molar-refractivity contribution is 5.94. The quantitative estimate of drug-likeness (QED) is 0.867. The van der Waals surface area contributed by atoms with Crippen molar-refractivity contribution in [2.75, 3.05) is 18.4 Å². The van der Waals surface area contributed by atoms with E-state index in [0.717, 1.165) is 18.6 Å². The molecule has 0 aliphatic rings. The third-order valence-corrected chi connectivity index (χ3v) is 3.25. The Morgan fingerprint density at radius 3 is 2.17 bits per heavy atom. The number of carbonyl (C=O) groups is 2. The molecule has 0 saturated heterocycles. The second-order valence-corrected chi connectivity index (χ2v) is 5.75. The average Bonchev–Trinajstić information content (AvgIpc) is 2.42. The van der Waals surface area contributed by atoms with Crippen molar-refractivity contribution in [2.24, 2.45) is 5.92 Å². The lowest BCUT2D eigenvalue weighted by molar-refractivity contribution is -0.137. The second kappa shape index (κ2) is 7.99. The molecule has 1 aromatic rings. The van der Waals surface area contributed by atoms with Crippen LogP contribution < -0.4 is 5.32 Å². The van der Waals surface area contributed by atoms with Gasteiger partial charge in [-0.2, -0.15) is 13.2 Å². The molecule has 0 unspecified atom stereocenters. The Bertz CT molecular complexity index is 539. The van der Waals surface area contributed by atoms with Gasteiger partial charge in [0.15, 0.2) is 0 Å². The van der Waals surface area contributed by atoms with E-state index in [9.17, 15) is 22.8 Å². The van der Waals surface area contributed by atoms with Crippen LogP contribution in [0.4, 0.5) is 18.9 Å². The van der Waals surface area contributed by atoms with Gasteiger partial charge in [0.2, 0.25) is 11.8 Å². The Hall–Kier alpha value is -2.05. The molecule has 4 nitrogen and oxygen atoms in total. The molecule has 1 rings (SSSR count). The zero-order valence-electron chi connectivity index (χ0n) is 13.4. The van der Waals surface area contributed by atoms with Crippen LogP contribution in [0, 0.1) is 5.92 Å². The van der Waals surface area contributed by atoms with Crippen molar-refractivity contribution >= 4 is 17.5 Å². The summed E-state index contributed by atoms with van der Waals surface area (Å²) in [7, 11) is 0. The molecule has 23 heavy (non-hydrogen) atoms. The summed E-state index contributed by atoms with van der Waals surface area (Å²) in [5, 5.41) is 2.49. The van der Waals surface area contributed by atoms with Crippen LogP contribution in [0.2, 0.25) is 0 Å². The molecule has 1 aromatic carbocycles. The molecular formula is C16H21F3N2O2. The Kier molecular flexibility index (Phi) is 6.60. The van der Waals surface area contributed by atoms with Crippen LogP contribution in [-0.2, 0) is 15.8 Å². The molecule has 0 atom stereocenters. The number of rotatable bonds is 6. The molecule has 0 fully saturated rings. The number of anilines is 1. The molecule has 7 heteroatoms. The van der Waals surface area contributed by atoms with Gasteiger partial charge in [0.05, 0.1) is 12.1 Å². The highest BCUT2D eigenvalue weighted by Crippen LogP contribution is 2.29. The molecule has 0 bridgehead atoms. The van der Waals surface area contributed by atoms with Gasteiger partial charge in [-0.3, -0.25) is 9.59 Å². The number of benzene rings is 1. The van der Waals surface area contributed by atoms with E-state index in [1.54, 1.807) is 0 Å². The summed E-state index contributed by atoms with van der Waals surface area (Å²) in [6.07, 6.45) is -3.64. The van der Waals surface area contributed by atoms with Crippen molar-refractivity contribution in [1.29, 1.82) is 0 Å². The van der Waals surface area contributed by atoms with Gasteiger partial charge in [-0.05, 0) is 36.6 Å². The molecule has 0 aromatic heterocycles. The van der Waals surface area contributed by atoms with Crippen LogP contribution in [-0.4, -0.2) is 29.8 Å². The summed E-state index contributed by atoms with van der Waals surface area (Å²) in [5.41, 5.74) is -0.520. The predicted octanol–water partition coefficient (Wildman–Crippen LogP) is 3.54. The summed E-state index contributed by atoms with van der Waals surface area (Å²) in [6.45, 7) is 5.75. The molecule has 0 saturated carbocycles. The van der Waals surface area contributed by atoms with Gasteiger partial charge < -0.3 is 10.2 Å². The van der Waals surface area contributed by atoms with E-state index in [2.05, 4.69) is 5.32 Å². The monoisotopic (exact) mass is 330 g/mol. The summed E-state index contributed by atoms with van der Waals surface area (Å²) < 4.78 is 37.4. The minimum atomic E-state index is -4.41. The number of nitrogens with zero attached hydrogens (tertiary/aromatic N) is 1. The van der Waals surface area contributed by atoms with Crippen molar-refractivity contribution in [3.8, 4) is 0 Å². The maximum Gasteiger partial charge on any atom is 0.416 e. The van der Waals surface area contributed by atoms with Gasteiger partial charge in [-0.15, -0.1) is 0 Å². The minimum absolute atomic E-state index is 0.122. The average molecular weight is 330 g/mol. The summed E-state index contributed by atoms with van der Waals surface area (Å²) >= 11 is 0. The predicted molar refractivity (Wildman–Crippen MR) is 81.8 cm³/mol. The van der Waals surface area contributed by atoms with Crippen LogP contribution in [0.25, 0.3) is 0 Å². The molecule has 0 aliphatic heterocycles. The van der Waals surface area contributed by atoms with Crippen LogP contribution in [0.1, 0.15) is 32.8 Å². The molecule has 1 N–H and O–H groups in total. The normalized spacial score (nSPS) is 11.4. The lowest BCUT2D eigenvalue weighted by atomic mass is 10.1. The SMILES string of the molecule is CC(=O)N(CCC(C)C)CC(=O)Nc1ccc(C(F)(F)F)cc1. The van der Waals surface area contributed by atoms with Crippen molar-refractivity contribution in [1.82, 2.24) is 4.90 Å². The zero-order valence-corrected chi connectivity index (χ0v) is 13.4. The first-order chi connectivity index (χ1) is 10.6. The number of alkyl halides is 3. The van der Waals surface area contributed by atoms with E-state index in [1.165, 1.54) is 24.0 Å². The first-order valence-corrected chi connectivity index (χ1v) is 7.32. The highest BCUT2D eigenvalue weighted by atomic mass is 19.4. The van der Waals surface area contributed by atoms with Crippen molar-refractivity contribution in [3.63, 3.8) is 0 Å².